The number of hydrogen-bond acceptors (Lipinski definition) is 6. The minimum atomic E-state index is -1.47. The molecule has 10 heteroatoms. The first kappa shape index (κ1) is 29.6. The molecule has 0 saturated heterocycles. The van der Waals surface area contributed by atoms with E-state index in [0.29, 0.717) is 31.7 Å². The van der Waals surface area contributed by atoms with Gasteiger partial charge < -0.3 is 25.2 Å². The Hall–Kier alpha value is -2.91. The van der Waals surface area contributed by atoms with Crippen molar-refractivity contribution in [2.24, 2.45) is 5.41 Å². The molecule has 1 unspecified atom stereocenters. The van der Waals surface area contributed by atoms with Gasteiger partial charge in [0.05, 0.1) is 18.7 Å². The fourth-order valence-corrected chi connectivity index (χ4v) is 5.21. The third kappa shape index (κ3) is 8.30. The SMILES string of the molecule is CCCC[C@@H](C(O)C(=O)N[C@H](C)c1ccccc1)N(CC1(CCCOc2ccnc(Cl)n2)CCC1)C(=O)O. The number of nitrogens with zero attached hydrogens (tertiary/aromatic N) is 3. The van der Waals surface area contributed by atoms with Crippen molar-refractivity contribution in [3.8, 4) is 5.88 Å². The monoisotopic (exact) mass is 546 g/mol. The number of ether oxygens (including phenoxy) is 1. The molecule has 1 aliphatic carbocycles. The van der Waals surface area contributed by atoms with E-state index in [-0.39, 0.29) is 23.3 Å². The van der Waals surface area contributed by atoms with Crippen LogP contribution in [0.1, 0.15) is 76.8 Å². The Morgan fingerprint density at radius 1 is 1.21 bits per heavy atom. The minimum absolute atomic E-state index is 0.119. The molecule has 1 heterocycles. The Morgan fingerprint density at radius 2 is 1.95 bits per heavy atom. The number of aliphatic hydroxyl groups excluding tert-OH is 1. The average molecular weight is 547 g/mol. The van der Waals surface area contributed by atoms with E-state index in [4.69, 9.17) is 16.3 Å². The summed E-state index contributed by atoms with van der Waals surface area (Å²) in [6.45, 7) is 4.54. The topological polar surface area (TPSA) is 125 Å². The van der Waals surface area contributed by atoms with Gasteiger partial charge in [-0.2, -0.15) is 4.98 Å². The molecule has 1 aromatic carbocycles. The van der Waals surface area contributed by atoms with Crippen molar-refractivity contribution in [3.05, 3.63) is 53.4 Å². The van der Waals surface area contributed by atoms with Gasteiger partial charge >= 0.3 is 6.09 Å². The summed E-state index contributed by atoms with van der Waals surface area (Å²) in [5.41, 5.74) is 0.705. The molecule has 3 rings (SSSR count). The van der Waals surface area contributed by atoms with Crippen molar-refractivity contribution < 1.29 is 24.5 Å². The zero-order valence-corrected chi connectivity index (χ0v) is 22.9. The second-order valence-corrected chi connectivity index (χ2v) is 10.5. The van der Waals surface area contributed by atoms with E-state index in [0.717, 1.165) is 37.7 Å². The Kier molecular flexibility index (Phi) is 11.2. The Balaban J connectivity index is 1.65. The van der Waals surface area contributed by atoms with E-state index in [1.54, 1.807) is 6.07 Å². The normalized spacial score (nSPS) is 16.5. The lowest BCUT2D eigenvalue weighted by atomic mass is 9.65. The first-order valence-corrected chi connectivity index (χ1v) is 13.8. The van der Waals surface area contributed by atoms with Gasteiger partial charge in [0.2, 0.25) is 11.2 Å². The van der Waals surface area contributed by atoms with Crippen LogP contribution in [0.4, 0.5) is 4.79 Å². The molecule has 1 saturated carbocycles. The molecule has 0 spiro atoms. The van der Waals surface area contributed by atoms with Gasteiger partial charge in [0.15, 0.2) is 6.10 Å². The number of aliphatic hydroxyl groups is 1. The van der Waals surface area contributed by atoms with Gasteiger partial charge in [0.1, 0.15) is 0 Å². The number of hydrogen-bond donors (Lipinski definition) is 3. The molecule has 1 aromatic heterocycles. The number of nitrogens with one attached hydrogen (secondary N) is 1. The van der Waals surface area contributed by atoms with Crippen molar-refractivity contribution in [3.63, 3.8) is 0 Å². The highest BCUT2D eigenvalue weighted by Crippen LogP contribution is 2.46. The van der Waals surface area contributed by atoms with Crippen LogP contribution in [0.3, 0.4) is 0 Å². The molecular weight excluding hydrogens is 508 g/mol. The summed E-state index contributed by atoms with van der Waals surface area (Å²) in [6, 6.07) is 9.97. The second-order valence-electron chi connectivity index (χ2n) is 10.2. The van der Waals surface area contributed by atoms with Crippen LogP contribution < -0.4 is 10.1 Å². The van der Waals surface area contributed by atoms with Crippen LogP contribution in [0.15, 0.2) is 42.6 Å². The third-order valence-corrected chi connectivity index (χ3v) is 7.59. The van der Waals surface area contributed by atoms with Crippen molar-refractivity contribution in [1.29, 1.82) is 0 Å². The zero-order valence-electron chi connectivity index (χ0n) is 22.2. The lowest BCUT2D eigenvalue weighted by Crippen LogP contribution is -2.56. The summed E-state index contributed by atoms with van der Waals surface area (Å²) in [5, 5.41) is 24.3. The van der Waals surface area contributed by atoms with E-state index >= 15 is 0 Å². The Labute approximate surface area is 229 Å². The first-order chi connectivity index (χ1) is 18.2. The highest BCUT2D eigenvalue weighted by molar-refractivity contribution is 6.28. The number of amides is 2. The van der Waals surface area contributed by atoms with Gasteiger partial charge in [0, 0.05) is 18.8 Å². The van der Waals surface area contributed by atoms with Crippen LogP contribution in [0.2, 0.25) is 5.28 Å². The predicted octanol–water partition coefficient (Wildman–Crippen LogP) is 5.24. The van der Waals surface area contributed by atoms with Crippen molar-refractivity contribution in [1.82, 2.24) is 20.2 Å². The summed E-state index contributed by atoms with van der Waals surface area (Å²) >= 11 is 5.81. The molecule has 3 N–H and O–H groups in total. The molecule has 9 nitrogen and oxygen atoms in total. The summed E-state index contributed by atoms with van der Waals surface area (Å²) in [7, 11) is 0. The molecule has 0 bridgehead atoms. The van der Waals surface area contributed by atoms with E-state index in [1.165, 1.54) is 11.1 Å². The fourth-order valence-electron chi connectivity index (χ4n) is 5.07. The van der Waals surface area contributed by atoms with Gasteiger partial charge in [-0.05, 0) is 61.6 Å². The van der Waals surface area contributed by atoms with Crippen LogP contribution in [0.5, 0.6) is 5.88 Å². The van der Waals surface area contributed by atoms with Crippen LogP contribution >= 0.6 is 11.6 Å². The van der Waals surface area contributed by atoms with Gasteiger partial charge in [-0.1, -0.05) is 56.5 Å². The summed E-state index contributed by atoms with van der Waals surface area (Å²) in [6.07, 6.45) is 5.17. The van der Waals surface area contributed by atoms with Gasteiger partial charge in [-0.3, -0.25) is 4.79 Å². The first-order valence-electron chi connectivity index (χ1n) is 13.4. The van der Waals surface area contributed by atoms with Crippen LogP contribution in [0.25, 0.3) is 0 Å². The lowest BCUT2D eigenvalue weighted by molar-refractivity contribution is -0.134. The van der Waals surface area contributed by atoms with E-state index in [9.17, 15) is 19.8 Å². The summed E-state index contributed by atoms with van der Waals surface area (Å²) in [4.78, 5) is 34.7. The van der Waals surface area contributed by atoms with Crippen molar-refractivity contribution in [2.45, 2.75) is 83.4 Å². The number of aromatic nitrogens is 2. The Morgan fingerprint density at radius 3 is 2.55 bits per heavy atom. The van der Waals surface area contributed by atoms with Crippen molar-refractivity contribution >= 4 is 23.6 Å². The molecular formula is C28H39ClN4O5. The summed E-state index contributed by atoms with van der Waals surface area (Å²) in [5.74, 6) is -0.161. The Bertz CT molecular complexity index is 1040. The molecule has 38 heavy (non-hydrogen) atoms. The van der Waals surface area contributed by atoms with Crippen molar-refractivity contribution in [2.75, 3.05) is 13.2 Å². The molecule has 0 radical (unpaired) electrons. The van der Waals surface area contributed by atoms with Gasteiger partial charge in [0.25, 0.3) is 5.91 Å². The molecule has 2 aromatic rings. The predicted molar refractivity (Wildman–Crippen MR) is 145 cm³/mol. The van der Waals surface area contributed by atoms with Crippen LogP contribution in [-0.2, 0) is 4.79 Å². The van der Waals surface area contributed by atoms with Gasteiger partial charge in [-0.15, -0.1) is 0 Å². The molecule has 2 amide bonds. The standard InChI is InChI=1S/C28H39ClN4O5/c1-3-4-12-22(24(34)25(35)31-20(2)21-10-6-5-7-11-21)33(27(36)37)19-28(14-8-15-28)16-9-18-38-23-13-17-30-26(29)32-23/h5-7,10-11,13,17,20,22,24,34H,3-4,8-9,12,14-16,18-19H2,1-2H3,(H,31,35)(H,36,37)/t20-,22+,24?/m1/s1. The highest BCUT2D eigenvalue weighted by atomic mass is 35.5. The lowest BCUT2D eigenvalue weighted by Gasteiger charge is -2.47. The molecule has 1 aliphatic rings. The smallest absolute Gasteiger partial charge is 0.407 e. The molecule has 1 fully saturated rings. The summed E-state index contributed by atoms with van der Waals surface area (Å²) < 4.78 is 5.69. The third-order valence-electron chi connectivity index (χ3n) is 7.41. The number of unbranched alkanes of at least 4 members (excludes halogenated alkanes) is 1. The maximum atomic E-state index is 13.1. The van der Waals surface area contributed by atoms with Gasteiger partial charge in [-0.25, -0.2) is 9.78 Å². The van der Waals surface area contributed by atoms with E-state index < -0.39 is 24.1 Å². The molecule has 0 aliphatic heterocycles. The quantitative estimate of drug-likeness (QED) is 0.206. The van der Waals surface area contributed by atoms with E-state index in [2.05, 4.69) is 15.3 Å². The number of rotatable bonds is 15. The van der Waals surface area contributed by atoms with E-state index in [1.807, 2.05) is 44.2 Å². The molecule has 208 valence electrons. The highest BCUT2D eigenvalue weighted by Gasteiger charge is 2.43. The maximum absolute atomic E-state index is 13.1. The number of carbonyl (C=O) groups is 2. The maximum Gasteiger partial charge on any atom is 0.407 e. The number of carboxylic acid groups (broad SMARTS) is 1. The fraction of sp³-hybridized carbons (Fsp3) is 0.571. The van der Waals surface area contributed by atoms with Crippen LogP contribution in [-0.4, -0.2) is 62.4 Å². The van der Waals surface area contributed by atoms with Crippen LogP contribution in [0, 0.1) is 5.41 Å². The largest absolute Gasteiger partial charge is 0.478 e. The number of carbonyl (C=O) groups excluding carboxylic acids is 1. The minimum Gasteiger partial charge on any atom is -0.478 e. The average Bonchev–Trinajstić information content (AvgIpc) is 2.88. The molecule has 3 atom stereocenters. The number of halogens is 1. The second kappa shape index (κ2) is 14.3. The number of benzene rings is 1. The zero-order chi connectivity index (χ0) is 27.5.